The van der Waals surface area contributed by atoms with Crippen molar-refractivity contribution in [2.24, 2.45) is 0 Å². The third-order valence-corrected chi connectivity index (χ3v) is 3.98. The fourth-order valence-electron chi connectivity index (χ4n) is 1.75. The second-order valence-corrected chi connectivity index (χ2v) is 7.39. The highest BCUT2D eigenvalue weighted by Crippen LogP contribution is 2.16. The normalized spacial score (nSPS) is 12.1. The van der Waals surface area contributed by atoms with Gasteiger partial charge in [-0.15, -0.1) is 0 Å². The van der Waals surface area contributed by atoms with Crippen molar-refractivity contribution < 1.29 is 8.42 Å². The number of H-pyrrole nitrogens is 1. The molecule has 1 aromatic rings. The van der Waals surface area contributed by atoms with Gasteiger partial charge in [-0.1, -0.05) is 25.4 Å². The van der Waals surface area contributed by atoms with Gasteiger partial charge in [-0.05, 0) is 12.3 Å². The Balaban J connectivity index is 3.12. The van der Waals surface area contributed by atoms with Crippen molar-refractivity contribution in [2.45, 2.75) is 32.7 Å². The van der Waals surface area contributed by atoms with Crippen LogP contribution in [0.1, 0.15) is 31.7 Å². The molecule has 0 aromatic carbocycles. The first-order valence-electron chi connectivity index (χ1n) is 5.83. The lowest BCUT2D eigenvalue weighted by molar-refractivity contribution is 0.576. The molecule has 0 saturated heterocycles. The van der Waals surface area contributed by atoms with E-state index in [1.54, 1.807) is 13.8 Å². The zero-order valence-corrected chi connectivity index (χ0v) is 12.6. The summed E-state index contributed by atoms with van der Waals surface area (Å²) in [6.07, 6.45) is 1.32. The van der Waals surface area contributed by atoms with Gasteiger partial charge in [0.1, 0.15) is 15.0 Å². The van der Waals surface area contributed by atoms with Gasteiger partial charge < -0.3 is 0 Å². The molecular weight excluding hydrogens is 292 g/mol. The second kappa shape index (κ2) is 5.92. The Bertz CT molecular complexity index is 673. The van der Waals surface area contributed by atoms with Crippen LogP contribution in [0.15, 0.2) is 9.59 Å². The van der Waals surface area contributed by atoms with E-state index >= 15 is 0 Å². The molecule has 0 aliphatic carbocycles. The molecule has 0 aliphatic rings. The van der Waals surface area contributed by atoms with Crippen molar-refractivity contribution in [3.63, 3.8) is 0 Å². The lowest BCUT2D eigenvalue weighted by Gasteiger charge is -2.10. The van der Waals surface area contributed by atoms with Gasteiger partial charge in [-0.25, -0.2) is 13.2 Å². The topological polar surface area (TPSA) is 89.0 Å². The highest BCUT2D eigenvalue weighted by molar-refractivity contribution is 7.90. The van der Waals surface area contributed by atoms with Crippen molar-refractivity contribution in [1.82, 2.24) is 9.55 Å². The molecule has 19 heavy (non-hydrogen) atoms. The van der Waals surface area contributed by atoms with Crippen LogP contribution in [0.4, 0.5) is 0 Å². The van der Waals surface area contributed by atoms with E-state index in [1.165, 1.54) is 0 Å². The van der Waals surface area contributed by atoms with Gasteiger partial charge in [-0.3, -0.25) is 14.3 Å². The first-order valence-corrected chi connectivity index (χ1v) is 8.27. The summed E-state index contributed by atoms with van der Waals surface area (Å²) in [4.78, 5) is 26.2. The van der Waals surface area contributed by atoms with E-state index in [1.807, 2.05) is 0 Å². The van der Waals surface area contributed by atoms with Gasteiger partial charge in [0.05, 0.1) is 11.3 Å². The molecule has 1 heterocycles. The number of rotatable bonds is 5. The van der Waals surface area contributed by atoms with Gasteiger partial charge in [0.25, 0.3) is 5.56 Å². The highest BCUT2D eigenvalue weighted by atomic mass is 35.5. The fraction of sp³-hybridized carbons (Fsp3) is 0.636. The van der Waals surface area contributed by atoms with Crippen molar-refractivity contribution in [3.05, 3.63) is 31.6 Å². The molecule has 1 rings (SSSR count). The summed E-state index contributed by atoms with van der Waals surface area (Å²) in [5.41, 5.74) is -0.745. The molecule has 8 heteroatoms. The largest absolute Gasteiger partial charge is 0.329 e. The number of hydrogen-bond donors (Lipinski definition) is 1. The average Bonchev–Trinajstić information content (AvgIpc) is 2.20. The van der Waals surface area contributed by atoms with Gasteiger partial charge in [0.2, 0.25) is 0 Å². The summed E-state index contributed by atoms with van der Waals surface area (Å²) in [6.45, 7) is 3.64. The molecule has 0 amide bonds. The quantitative estimate of drug-likeness (QED) is 0.813. The fourth-order valence-corrected chi connectivity index (χ4v) is 2.78. The third kappa shape index (κ3) is 4.21. The van der Waals surface area contributed by atoms with E-state index in [0.29, 0.717) is 5.56 Å². The number of aromatic amines is 1. The molecule has 1 aromatic heterocycles. The number of aromatic nitrogens is 2. The Morgan fingerprint density at radius 2 is 1.89 bits per heavy atom. The Morgan fingerprint density at radius 3 is 2.37 bits per heavy atom. The average molecular weight is 309 g/mol. The van der Waals surface area contributed by atoms with Crippen LogP contribution in [-0.4, -0.2) is 30.0 Å². The monoisotopic (exact) mass is 308 g/mol. The molecule has 1 N–H and O–H groups in total. The molecule has 0 spiro atoms. The van der Waals surface area contributed by atoms with Gasteiger partial charge in [0, 0.05) is 12.8 Å². The van der Waals surface area contributed by atoms with Gasteiger partial charge in [-0.2, -0.15) is 0 Å². The molecule has 0 unspecified atom stereocenters. The van der Waals surface area contributed by atoms with E-state index in [2.05, 4.69) is 4.98 Å². The first-order chi connectivity index (χ1) is 8.63. The predicted octanol–water partition coefficient (Wildman–Crippen LogP) is 0.748. The van der Waals surface area contributed by atoms with E-state index < -0.39 is 21.1 Å². The van der Waals surface area contributed by atoms with Crippen LogP contribution >= 0.6 is 11.6 Å². The number of nitrogens with one attached hydrogen (secondary N) is 1. The Labute approximate surface area is 116 Å². The summed E-state index contributed by atoms with van der Waals surface area (Å²) in [5.74, 6) is -0.198. The van der Waals surface area contributed by atoms with Crippen molar-refractivity contribution >= 4 is 21.4 Å². The number of hydrogen-bond acceptors (Lipinski definition) is 4. The molecule has 0 atom stereocenters. The summed E-state index contributed by atoms with van der Waals surface area (Å²) in [7, 11) is -3.11. The molecule has 6 nitrogen and oxygen atoms in total. The first kappa shape index (κ1) is 16.0. The maximum Gasteiger partial charge on any atom is 0.329 e. The number of halogens is 1. The second-order valence-electron chi connectivity index (χ2n) is 4.75. The lowest BCUT2D eigenvalue weighted by atomic mass is 10.1. The van der Waals surface area contributed by atoms with Crippen LogP contribution in [0.2, 0.25) is 5.15 Å². The summed E-state index contributed by atoms with van der Waals surface area (Å²) < 4.78 is 23.0. The van der Waals surface area contributed by atoms with Crippen LogP contribution in [-0.2, 0) is 16.4 Å². The SMILES string of the molecule is CC(C)c1c(Cl)[nH]c(=O)n(CCCS(C)(=O)=O)c1=O. The Morgan fingerprint density at radius 1 is 1.32 bits per heavy atom. The summed E-state index contributed by atoms with van der Waals surface area (Å²) >= 11 is 5.84. The molecule has 0 radical (unpaired) electrons. The molecular formula is C11H17ClN2O4S. The van der Waals surface area contributed by atoms with E-state index in [-0.39, 0.29) is 29.8 Å². The lowest BCUT2D eigenvalue weighted by Crippen LogP contribution is -2.38. The Hall–Kier alpha value is -1.08. The standard InChI is InChI=1S/C11H17ClN2O4S/c1-7(2)8-9(12)13-11(16)14(10(8)15)5-4-6-19(3,17)18/h7H,4-6H2,1-3H3,(H,13,16). The third-order valence-electron chi connectivity index (χ3n) is 2.65. The van der Waals surface area contributed by atoms with Crippen LogP contribution in [0, 0.1) is 0 Å². The van der Waals surface area contributed by atoms with Crippen LogP contribution in [0.3, 0.4) is 0 Å². The van der Waals surface area contributed by atoms with E-state index in [4.69, 9.17) is 11.6 Å². The zero-order chi connectivity index (χ0) is 14.8. The van der Waals surface area contributed by atoms with Crippen molar-refractivity contribution in [1.29, 1.82) is 0 Å². The maximum absolute atomic E-state index is 12.1. The summed E-state index contributed by atoms with van der Waals surface area (Å²) in [5, 5.41) is 0.0457. The molecule has 0 bridgehead atoms. The Kier molecular flexibility index (Phi) is 4.98. The molecule has 0 saturated carbocycles. The highest BCUT2D eigenvalue weighted by Gasteiger charge is 2.15. The van der Waals surface area contributed by atoms with Gasteiger partial charge >= 0.3 is 5.69 Å². The van der Waals surface area contributed by atoms with Crippen LogP contribution in [0.5, 0.6) is 0 Å². The molecule has 0 aliphatic heterocycles. The van der Waals surface area contributed by atoms with Crippen molar-refractivity contribution in [3.8, 4) is 0 Å². The van der Waals surface area contributed by atoms with E-state index in [9.17, 15) is 18.0 Å². The molecule has 108 valence electrons. The minimum absolute atomic E-state index is 0.0457. The van der Waals surface area contributed by atoms with Gasteiger partial charge in [0.15, 0.2) is 0 Å². The minimum atomic E-state index is -3.11. The number of nitrogens with zero attached hydrogens (tertiary/aromatic N) is 1. The maximum atomic E-state index is 12.1. The zero-order valence-electron chi connectivity index (χ0n) is 11.1. The predicted molar refractivity (Wildman–Crippen MR) is 74.7 cm³/mol. The summed E-state index contributed by atoms with van der Waals surface area (Å²) in [6, 6.07) is 0. The van der Waals surface area contributed by atoms with Crippen LogP contribution < -0.4 is 11.2 Å². The van der Waals surface area contributed by atoms with Crippen molar-refractivity contribution in [2.75, 3.05) is 12.0 Å². The smallest absolute Gasteiger partial charge is 0.297 e. The molecule has 0 fully saturated rings. The van der Waals surface area contributed by atoms with E-state index in [0.717, 1.165) is 10.8 Å². The minimum Gasteiger partial charge on any atom is -0.297 e. The van der Waals surface area contributed by atoms with Crippen LogP contribution in [0.25, 0.3) is 0 Å². The number of sulfone groups is 1.